The van der Waals surface area contributed by atoms with Crippen molar-refractivity contribution in [3.05, 3.63) is 82.4 Å². The number of benzene rings is 3. The van der Waals surface area contributed by atoms with Gasteiger partial charge in [0, 0.05) is 35.4 Å². The van der Waals surface area contributed by atoms with Crippen LogP contribution < -0.4 is 10.1 Å². The van der Waals surface area contributed by atoms with Crippen LogP contribution in [0.15, 0.2) is 54.6 Å². The number of unbranched alkanes of at least 4 members (excludes halogenated alkanes) is 1. The first-order valence-electron chi connectivity index (χ1n) is 10.5. The second-order valence-electron chi connectivity index (χ2n) is 7.87. The lowest BCUT2D eigenvalue weighted by molar-refractivity contribution is 0.0223. The Morgan fingerprint density at radius 2 is 1.62 bits per heavy atom. The molecule has 0 aromatic heterocycles. The molecule has 162 valence electrons. The summed E-state index contributed by atoms with van der Waals surface area (Å²) >= 11 is 0. The molecule has 1 amide bonds. The van der Waals surface area contributed by atoms with E-state index in [1.165, 1.54) is 24.3 Å². The van der Waals surface area contributed by atoms with Gasteiger partial charge in [0.05, 0.1) is 11.1 Å². The maximum Gasteiger partial charge on any atom is 0.340 e. The fourth-order valence-electron chi connectivity index (χ4n) is 4.41. The van der Waals surface area contributed by atoms with Crippen molar-refractivity contribution >= 4 is 11.9 Å². The highest BCUT2D eigenvalue weighted by atomic mass is 16.6. The van der Waals surface area contributed by atoms with E-state index < -0.39 is 11.6 Å². The first-order valence-corrected chi connectivity index (χ1v) is 10.5. The molecule has 5 rings (SSSR count). The van der Waals surface area contributed by atoms with Crippen molar-refractivity contribution in [2.75, 3.05) is 6.54 Å². The predicted molar refractivity (Wildman–Crippen MR) is 115 cm³/mol. The zero-order chi connectivity index (χ0) is 22.5. The van der Waals surface area contributed by atoms with Crippen molar-refractivity contribution in [3.8, 4) is 23.0 Å². The second-order valence-corrected chi connectivity index (χ2v) is 7.87. The molecule has 0 saturated heterocycles. The van der Waals surface area contributed by atoms with Crippen molar-refractivity contribution in [2.45, 2.75) is 25.4 Å². The lowest BCUT2D eigenvalue weighted by Gasteiger charge is -2.36. The van der Waals surface area contributed by atoms with E-state index in [0.717, 1.165) is 12.8 Å². The van der Waals surface area contributed by atoms with E-state index in [1.54, 1.807) is 30.3 Å². The number of carbonyl (C=O) groups is 2. The number of fused-ring (bicyclic) bond motifs is 6. The molecular weight excluding hydrogens is 410 g/mol. The lowest BCUT2D eigenvalue weighted by atomic mass is 9.77. The van der Waals surface area contributed by atoms with Crippen molar-refractivity contribution in [2.24, 2.45) is 0 Å². The third kappa shape index (κ3) is 2.81. The first kappa shape index (κ1) is 19.9. The number of hydrogen-bond acceptors (Lipinski definition) is 6. The Labute approximate surface area is 184 Å². The van der Waals surface area contributed by atoms with Gasteiger partial charge in [-0.05, 0) is 36.8 Å². The van der Waals surface area contributed by atoms with Crippen LogP contribution in [0.2, 0.25) is 0 Å². The Hall–Kier alpha value is -4.00. The van der Waals surface area contributed by atoms with E-state index in [9.17, 15) is 19.8 Å². The van der Waals surface area contributed by atoms with Crippen molar-refractivity contribution < 1.29 is 29.3 Å². The van der Waals surface area contributed by atoms with E-state index in [2.05, 4.69) is 5.32 Å². The molecule has 0 unspecified atom stereocenters. The summed E-state index contributed by atoms with van der Waals surface area (Å²) in [5, 5.41) is 22.9. The van der Waals surface area contributed by atoms with Crippen LogP contribution >= 0.6 is 0 Å². The van der Waals surface area contributed by atoms with Gasteiger partial charge in [-0.15, -0.1) is 0 Å². The number of nitrogens with one attached hydrogen (secondary N) is 1. The Morgan fingerprint density at radius 3 is 2.25 bits per heavy atom. The smallest absolute Gasteiger partial charge is 0.340 e. The molecule has 0 bridgehead atoms. The molecular formula is C25H21NO6. The molecule has 3 aromatic rings. The number of esters is 1. The molecule has 0 aliphatic carbocycles. The van der Waals surface area contributed by atoms with Gasteiger partial charge in [0.2, 0.25) is 0 Å². The number of rotatable bonds is 4. The quantitative estimate of drug-likeness (QED) is 0.423. The van der Waals surface area contributed by atoms with Crippen LogP contribution in [0.3, 0.4) is 0 Å². The number of phenols is 2. The monoisotopic (exact) mass is 431 g/mol. The number of phenolic OH excluding ortho intramolecular Hbond substituents is 2. The minimum absolute atomic E-state index is 0.0175. The zero-order valence-electron chi connectivity index (χ0n) is 17.3. The summed E-state index contributed by atoms with van der Waals surface area (Å²) in [6.45, 7) is 2.54. The van der Waals surface area contributed by atoms with E-state index >= 15 is 0 Å². The summed E-state index contributed by atoms with van der Waals surface area (Å²) in [6, 6.07) is 14.2. The van der Waals surface area contributed by atoms with E-state index in [0.29, 0.717) is 34.7 Å². The SMILES string of the molecule is CCCCNC(=O)c1cccc2c1C(=O)OC21c2ccc(O)cc2Oc2cc(O)ccc21. The normalized spacial score (nSPS) is 14.7. The molecule has 0 atom stereocenters. The van der Waals surface area contributed by atoms with E-state index in [4.69, 9.17) is 9.47 Å². The maximum absolute atomic E-state index is 13.2. The van der Waals surface area contributed by atoms with Crippen LogP contribution in [0.1, 0.15) is 57.2 Å². The van der Waals surface area contributed by atoms with Crippen LogP contribution in [0.5, 0.6) is 23.0 Å². The van der Waals surface area contributed by atoms with Crippen LogP contribution in [-0.2, 0) is 10.3 Å². The Bertz CT molecular complexity index is 1210. The highest BCUT2D eigenvalue weighted by Gasteiger charge is 2.54. The minimum Gasteiger partial charge on any atom is -0.508 e. The second kappa shape index (κ2) is 7.30. The average Bonchev–Trinajstić information content (AvgIpc) is 3.06. The number of amides is 1. The van der Waals surface area contributed by atoms with E-state index in [-0.39, 0.29) is 28.5 Å². The van der Waals surface area contributed by atoms with Gasteiger partial charge in [-0.1, -0.05) is 25.5 Å². The summed E-state index contributed by atoms with van der Waals surface area (Å²) in [6.07, 6.45) is 1.77. The molecule has 2 aliphatic rings. The van der Waals surface area contributed by atoms with Gasteiger partial charge in [-0.3, -0.25) is 4.79 Å². The van der Waals surface area contributed by atoms with Gasteiger partial charge in [-0.25, -0.2) is 4.79 Å². The summed E-state index contributed by atoms with van der Waals surface area (Å²) in [5.74, 6) is -0.412. The molecule has 1 spiro atoms. The van der Waals surface area contributed by atoms with Gasteiger partial charge in [-0.2, -0.15) is 0 Å². The molecule has 2 aliphatic heterocycles. The molecule has 3 N–H and O–H groups in total. The molecule has 0 radical (unpaired) electrons. The Balaban J connectivity index is 1.74. The fourth-order valence-corrected chi connectivity index (χ4v) is 4.41. The number of ether oxygens (including phenoxy) is 2. The molecule has 0 saturated carbocycles. The van der Waals surface area contributed by atoms with Gasteiger partial charge >= 0.3 is 5.97 Å². The van der Waals surface area contributed by atoms with Crippen LogP contribution in [0.4, 0.5) is 0 Å². The fraction of sp³-hybridized carbons (Fsp3) is 0.200. The first-order chi connectivity index (χ1) is 15.5. The summed E-state index contributed by atoms with van der Waals surface area (Å²) in [7, 11) is 0. The van der Waals surface area contributed by atoms with Gasteiger partial charge in [0.25, 0.3) is 5.91 Å². The molecule has 7 heteroatoms. The van der Waals surface area contributed by atoms with Gasteiger partial charge in [0.15, 0.2) is 5.60 Å². The summed E-state index contributed by atoms with van der Waals surface area (Å²) in [4.78, 5) is 26.1. The lowest BCUT2D eigenvalue weighted by Crippen LogP contribution is -2.33. The third-order valence-corrected chi connectivity index (χ3v) is 5.86. The predicted octanol–water partition coefficient (Wildman–Crippen LogP) is 4.20. The van der Waals surface area contributed by atoms with Crippen LogP contribution in [0.25, 0.3) is 0 Å². The van der Waals surface area contributed by atoms with Crippen LogP contribution in [0, 0.1) is 0 Å². The summed E-state index contributed by atoms with van der Waals surface area (Å²) < 4.78 is 12.0. The highest BCUT2D eigenvalue weighted by molar-refractivity contribution is 6.08. The molecule has 32 heavy (non-hydrogen) atoms. The maximum atomic E-state index is 13.2. The molecule has 0 fully saturated rings. The standard InChI is InChI=1S/C25H21NO6/c1-2-3-11-26-23(29)16-5-4-6-19-22(16)24(30)32-25(19)17-9-7-14(27)12-20(17)31-21-13-15(28)8-10-18(21)25/h4-10,12-13,27-28H,2-3,11H2,1H3,(H,26,29). The number of carbonyl (C=O) groups excluding carboxylic acids is 2. The molecule has 2 heterocycles. The largest absolute Gasteiger partial charge is 0.508 e. The number of aromatic hydroxyl groups is 2. The van der Waals surface area contributed by atoms with Crippen molar-refractivity contribution in [1.29, 1.82) is 0 Å². The van der Waals surface area contributed by atoms with Crippen molar-refractivity contribution in [1.82, 2.24) is 5.32 Å². The third-order valence-electron chi connectivity index (χ3n) is 5.86. The molecule has 7 nitrogen and oxygen atoms in total. The Kier molecular flexibility index (Phi) is 4.55. The summed E-state index contributed by atoms with van der Waals surface area (Å²) in [5.41, 5.74) is 0.603. The van der Waals surface area contributed by atoms with Crippen molar-refractivity contribution in [3.63, 3.8) is 0 Å². The van der Waals surface area contributed by atoms with Crippen LogP contribution in [-0.4, -0.2) is 28.6 Å². The Morgan fingerprint density at radius 1 is 0.969 bits per heavy atom. The molecule has 3 aromatic carbocycles. The van der Waals surface area contributed by atoms with Gasteiger partial charge in [0.1, 0.15) is 23.0 Å². The van der Waals surface area contributed by atoms with Gasteiger partial charge < -0.3 is 25.0 Å². The number of hydrogen-bond donors (Lipinski definition) is 3. The minimum atomic E-state index is -1.38. The zero-order valence-corrected chi connectivity index (χ0v) is 17.3. The topological polar surface area (TPSA) is 105 Å². The highest BCUT2D eigenvalue weighted by Crippen LogP contribution is 2.57. The average molecular weight is 431 g/mol. The van der Waals surface area contributed by atoms with E-state index in [1.807, 2.05) is 6.92 Å².